The van der Waals surface area contributed by atoms with Crippen LogP contribution in [0.3, 0.4) is 0 Å². The van der Waals surface area contributed by atoms with Crippen LogP contribution in [0.1, 0.15) is 65.6 Å². The molecule has 4 rings (SSSR count). The first kappa shape index (κ1) is 25.4. The van der Waals surface area contributed by atoms with E-state index in [0.717, 1.165) is 92.7 Å². The number of carbonyl (C=O) groups is 1. The van der Waals surface area contributed by atoms with Crippen molar-refractivity contribution in [2.24, 2.45) is 0 Å². The van der Waals surface area contributed by atoms with Crippen molar-refractivity contribution in [1.82, 2.24) is 24.8 Å². The Bertz CT molecular complexity index is 1170. The molecule has 0 saturated carbocycles. The van der Waals surface area contributed by atoms with Crippen LogP contribution in [0.4, 0.5) is 5.82 Å². The Labute approximate surface area is 208 Å². The van der Waals surface area contributed by atoms with Gasteiger partial charge in [-0.1, -0.05) is 32.0 Å². The van der Waals surface area contributed by atoms with E-state index in [2.05, 4.69) is 41.7 Å². The second-order valence-corrected chi connectivity index (χ2v) is 9.78. The van der Waals surface area contributed by atoms with Gasteiger partial charge >= 0.3 is 0 Å². The highest BCUT2D eigenvalue weighted by Gasteiger charge is 2.31. The third-order valence-electron chi connectivity index (χ3n) is 7.44. The number of para-hydroxylation sites is 1. The third-order valence-corrected chi connectivity index (χ3v) is 7.44. The quantitative estimate of drug-likeness (QED) is 0.422. The molecule has 1 fully saturated rings. The Balaban J connectivity index is 1.65. The van der Waals surface area contributed by atoms with Gasteiger partial charge in [0, 0.05) is 44.7 Å². The fourth-order valence-electron chi connectivity index (χ4n) is 5.40. The first-order valence-corrected chi connectivity index (χ1v) is 13.0. The smallest absolute Gasteiger partial charge is 0.219 e. The van der Waals surface area contributed by atoms with E-state index in [1.165, 1.54) is 0 Å². The Morgan fingerprint density at radius 2 is 1.97 bits per heavy atom. The van der Waals surface area contributed by atoms with Crippen LogP contribution in [0.2, 0.25) is 0 Å². The molecule has 35 heavy (non-hydrogen) atoms. The number of hydrogen-bond acceptors (Lipinski definition) is 6. The monoisotopic (exact) mass is 480 g/mol. The summed E-state index contributed by atoms with van der Waals surface area (Å²) in [5.74, 6) is 1.62. The molecule has 2 aromatic heterocycles. The summed E-state index contributed by atoms with van der Waals surface area (Å²) in [5, 5.41) is 4.72. The molecule has 0 spiro atoms. The SMILES string of the molecule is CCNC(C)(CC)c1nc2c(N)nc3ccccc3c2n1CCCCN(C(C)=O)C1CCOCC1. The van der Waals surface area contributed by atoms with E-state index in [0.29, 0.717) is 5.82 Å². The standard InChI is InChI=1S/C27H40N6O2/c1-5-27(4,29-6-2)26-31-23-24(21-11-7-8-12-22(21)30-25(23)28)33(26)16-10-9-15-32(19(3)34)20-13-17-35-18-14-20/h7-8,11-12,20,29H,5-6,9-10,13-18H2,1-4H3,(H2,28,30). The molecule has 8 nitrogen and oxygen atoms in total. The molecule has 1 aliphatic rings. The van der Waals surface area contributed by atoms with E-state index in [9.17, 15) is 4.79 Å². The van der Waals surface area contributed by atoms with Crippen molar-refractivity contribution in [2.75, 3.05) is 32.0 Å². The van der Waals surface area contributed by atoms with Gasteiger partial charge in [-0.2, -0.15) is 0 Å². The molecule has 0 bridgehead atoms. The van der Waals surface area contributed by atoms with Crippen molar-refractivity contribution >= 4 is 33.7 Å². The number of nitrogens with two attached hydrogens (primary N) is 1. The zero-order valence-electron chi connectivity index (χ0n) is 21.6. The van der Waals surface area contributed by atoms with Crippen LogP contribution >= 0.6 is 0 Å². The summed E-state index contributed by atoms with van der Waals surface area (Å²) in [6.07, 6.45) is 4.61. The summed E-state index contributed by atoms with van der Waals surface area (Å²) in [6.45, 7) is 12.1. The summed E-state index contributed by atoms with van der Waals surface area (Å²) in [5.41, 5.74) is 8.83. The third kappa shape index (κ3) is 5.14. The number of unbranched alkanes of at least 4 members (excludes halogenated alkanes) is 1. The summed E-state index contributed by atoms with van der Waals surface area (Å²) in [7, 11) is 0. The maximum atomic E-state index is 12.4. The van der Waals surface area contributed by atoms with Crippen LogP contribution in [0.25, 0.3) is 21.9 Å². The second kappa shape index (κ2) is 10.9. The minimum atomic E-state index is -0.283. The predicted octanol–water partition coefficient (Wildman–Crippen LogP) is 4.21. The number of anilines is 1. The number of aryl methyl sites for hydroxylation is 1. The molecule has 1 amide bonds. The molecule has 0 radical (unpaired) electrons. The number of rotatable bonds is 10. The molecular formula is C27H40N6O2. The number of nitrogens with zero attached hydrogens (tertiary/aromatic N) is 4. The van der Waals surface area contributed by atoms with Crippen molar-refractivity contribution in [2.45, 2.75) is 77.9 Å². The predicted molar refractivity (Wildman–Crippen MR) is 141 cm³/mol. The molecule has 0 aliphatic carbocycles. The lowest BCUT2D eigenvalue weighted by Crippen LogP contribution is -2.43. The maximum Gasteiger partial charge on any atom is 0.219 e. The minimum absolute atomic E-state index is 0.154. The van der Waals surface area contributed by atoms with Gasteiger partial charge in [0.2, 0.25) is 5.91 Å². The fraction of sp³-hybridized carbons (Fsp3) is 0.593. The second-order valence-electron chi connectivity index (χ2n) is 9.78. The average Bonchev–Trinajstić information content (AvgIpc) is 3.25. The average molecular weight is 481 g/mol. The Hall–Kier alpha value is -2.71. The number of benzene rings is 1. The number of nitrogen functional groups attached to an aromatic ring is 1. The zero-order valence-corrected chi connectivity index (χ0v) is 21.6. The first-order chi connectivity index (χ1) is 16.9. The normalized spacial score (nSPS) is 16.6. The largest absolute Gasteiger partial charge is 0.382 e. The van der Waals surface area contributed by atoms with Crippen molar-refractivity contribution in [3.63, 3.8) is 0 Å². The highest BCUT2D eigenvalue weighted by atomic mass is 16.5. The van der Waals surface area contributed by atoms with E-state index in [1.54, 1.807) is 6.92 Å². The van der Waals surface area contributed by atoms with Crippen LogP contribution in [-0.4, -0.2) is 57.7 Å². The van der Waals surface area contributed by atoms with Crippen LogP contribution < -0.4 is 11.1 Å². The lowest BCUT2D eigenvalue weighted by atomic mass is 9.97. The van der Waals surface area contributed by atoms with Gasteiger partial charge < -0.3 is 25.3 Å². The van der Waals surface area contributed by atoms with Gasteiger partial charge in [0.05, 0.1) is 16.6 Å². The summed E-state index contributed by atoms with van der Waals surface area (Å²) < 4.78 is 7.84. The number of aromatic nitrogens is 3. The van der Waals surface area contributed by atoms with Crippen LogP contribution in [0, 0.1) is 0 Å². The van der Waals surface area contributed by atoms with Gasteiger partial charge in [-0.3, -0.25) is 4.79 Å². The number of fused-ring (bicyclic) bond motifs is 3. The number of amides is 1. The number of ether oxygens (including phenoxy) is 1. The fourth-order valence-corrected chi connectivity index (χ4v) is 5.40. The molecule has 1 aliphatic heterocycles. The Kier molecular flexibility index (Phi) is 7.91. The number of imidazole rings is 1. The van der Waals surface area contributed by atoms with Gasteiger partial charge in [-0.25, -0.2) is 9.97 Å². The van der Waals surface area contributed by atoms with Gasteiger partial charge in [-0.15, -0.1) is 0 Å². The molecule has 3 aromatic rings. The van der Waals surface area contributed by atoms with Crippen molar-refractivity contribution in [3.05, 3.63) is 30.1 Å². The summed E-state index contributed by atoms with van der Waals surface area (Å²) >= 11 is 0. The lowest BCUT2D eigenvalue weighted by Gasteiger charge is -2.34. The van der Waals surface area contributed by atoms with E-state index in [-0.39, 0.29) is 17.5 Å². The van der Waals surface area contributed by atoms with Gasteiger partial charge in [-0.05, 0) is 51.6 Å². The molecular weight excluding hydrogens is 440 g/mol. The molecule has 3 heterocycles. The minimum Gasteiger partial charge on any atom is -0.382 e. The van der Waals surface area contributed by atoms with Gasteiger partial charge in [0.25, 0.3) is 0 Å². The lowest BCUT2D eigenvalue weighted by molar-refractivity contribution is -0.133. The number of carbonyl (C=O) groups excluding carboxylic acids is 1. The zero-order chi connectivity index (χ0) is 25.0. The highest BCUT2D eigenvalue weighted by molar-refractivity contribution is 6.06. The van der Waals surface area contributed by atoms with E-state index in [1.807, 2.05) is 23.1 Å². The summed E-state index contributed by atoms with van der Waals surface area (Å²) in [4.78, 5) is 24.1. The highest BCUT2D eigenvalue weighted by Crippen LogP contribution is 2.34. The molecule has 190 valence electrons. The Morgan fingerprint density at radius 1 is 1.23 bits per heavy atom. The van der Waals surface area contributed by atoms with Crippen molar-refractivity contribution in [1.29, 1.82) is 0 Å². The van der Waals surface area contributed by atoms with Crippen molar-refractivity contribution < 1.29 is 9.53 Å². The molecule has 1 saturated heterocycles. The number of hydrogen-bond donors (Lipinski definition) is 2. The number of pyridine rings is 1. The molecule has 1 atom stereocenters. The van der Waals surface area contributed by atoms with Gasteiger partial charge in [0.1, 0.15) is 11.3 Å². The van der Waals surface area contributed by atoms with Crippen LogP contribution in [0.5, 0.6) is 0 Å². The van der Waals surface area contributed by atoms with Gasteiger partial charge in [0.15, 0.2) is 5.82 Å². The van der Waals surface area contributed by atoms with E-state index >= 15 is 0 Å². The first-order valence-electron chi connectivity index (χ1n) is 13.0. The molecule has 1 unspecified atom stereocenters. The van der Waals surface area contributed by atoms with E-state index in [4.69, 9.17) is 15.5 Å². The Morgan fingerprint density at radius 3 is 2.66 bits per heavy atom. The van der Waals surface area contributed by atoms with Crippen molar-refractivity contribution in [3.8, 4) is 0 Å². The molecule has 1 aromatic carbocycles. The molecule has 8 heteroatoms. The van der Waals surface area contributed by atoms with Crippen LogP contribution in [0.15, 0.2) is 24.3 Å². The topological polar surface area (TPSA) is 98.3 Å². The van der Waals surface area contributed by atoms with Crippen LogP contribution in [-0.2, 0) is 21.6 Å². The van der Waals surface area contributed by atoms with E-state index < -0.39 is 0 Å². The summed E-state index contributed by atoms with van der Waals surface area (Å²) in [6, 6.07) is 8.43. The molecule has 3 N–H and O–H groups in total. The number of nitrogens with one attached hydrogen (secondary N) is 1. The maximum absolute atomic E-state index is 12.4.